The molecule has 3 atom stereocenters. The minimum absolute atomic E-state index is 0.0111. The maximum absolute atomic E-state index is 14.1. The average Bonchev–Trinajstić information content (AvgIpc) is 3.31. The molecule has 1 N–H and O–H groups in total. The van der Waals surface area contributed by atoms with Gasteiger partial charge in [0.25, 0.3) is 0 Å². The van der Waals surface area contributed by atoms with Gasteiger partial charge in [-0.1, -0.05) is 0 Å². The summed E-state index contributed by atoms with van der Waals surface area (Å²) >= 11 is 7.30. The first-order chi connectivity index (χ1) is 12.0. The van der Waals surface area contributed by atoms with Crippen molar-refractivity contribution in [2.75, 3.05) is 9.72 Å². The lowest BCUT2D eigenvalue weighted by Gasteiger charge is -2.18. The van der Waals surface area contributed by atoms with Crippen molar-refractivity contribution >= 4 is 46.0 Å². The highest BCUT2D eigenvalue weighted by molar-refractivity contribution is 14.1. The van der Waals surface area contributed by atoms with Gasteiger partial charge in [-0.05, 0) is 36.5 Å². The van der Waals surface area contributed by atoms with E-state index in [2.05, 4.69) is 10.3 Å². The highest BCUT2D eigenvalue weighted by Gasteiger charge is 2.57. The van der Waals surface area contributed by atoms with Gasteiger partial charge in [0.05, 0.1) is 35.7 Å². The molecule has 4 nitrogen and oxygen atoms in total. The van der Waals surface area contributed by atoms with Crippen LogP contribution in [0.25, 0.3) is 0 Å². The number of hydrogen-bond donors (Lipinski definition) is 1. The summed E-state index contributed by atoms with van der Waals surface area (Å²) in [5.41, 5.74) is 0.261. The summed E-state index contributed by atoms with van der Waals surface area (Å²) in [6.07, 6.45) is 1.10. The molecule has 3 unspecified atom stereocenters. The predicted octanol–water partition coefficient (Wildman–Crippen LogP) is 3.70. The number of benzene rings is 1. The number of aromatic nitrogens is 1. The Bertz CT molecular complexity index is 851. The predicted molar refractivity (Wildman–Crippen MR) is 98.3 cm³/mol. The Morgan fingerprint density at radius 1 is 1.24 bits per heavy atom. The summed E-state index contributed by atoms with van der Waals surface area (Å²) < 4.78 is 47.9. The third-order valence-corrected chi connectivity index (χ3v) is 6.00. The first kappa shape index (κ1) is 16.8. The molecular formula is C16H11F3IN3OS. The fourth-order valence-corrected chi connectivity index (χ4v) is 3.80. The van der Waals surface area contributed by atoms with Crippen molar-refractivity contribution in [3.63, 3.8) is 0 Å². The summed E-state index contributed by atoms with van der Waals surface area (Å²) in [5, 5.41) is 3.50. The molecule has 1 aromatic carbocycles. The molecule has 2 aromatic rings. The number of halogens is 4. The molecule has 1 saturated carbocycles. The van der Waals surface area contributed by atoms with E-state index in [0.717, 1.165) is 18.3 Å². The number of rotatable bonds is 2. The molecule has 0 radical (unpaired) electrons. The third kappa shape index (κ3) is 2.92. The van der Waals surface area contributed by atoms with E-state index in [4.69, 9.17) is 17.0 Å². The van der Waals surface area contributed by atoms with Gasteiger partial charge in [-0.3, -0.25) is 0 Å². The number of nitrogens with one attached hydrogen (secondary N) is 1. The largest absolute Gasteiger partial charge is 0.490 e. The maximum atomic E-state index is 14.1. The summed E-state index contributed by atoms with van der Waals surface area (Å²) in [6, 6.07) is 4.82. The summed E-state index contributed by atoms with van der Waals surface area (Å²) in [5.74, 6) is -1.19. The van der Waals surface area contributed by atoms with Gasteiger partial charge in [0.15, 0.2) is 16.7 Å². The minimum atomic E-state index is -0.561. The van der Waals surface area contributed by atoms with E-state index >= 15 is 0 Å². The van der Waals surface area contributed by atoms with Crippen LogP contribution in [0.4, 0.5) is 19.0 Å². The maximum Gasteiger partial charge on any atom is 0.184 e. The number of thiocarbonyl (C=S) groups is 1. The van der Waals surface area contributed by atoms with Crippen molar-refractivity contribution in [2.24, 2.45) is 5.92 Å². The zero-order valence-corrected chi connectivity index (χ0v) is 15.5. The standard InChI is InChI=1S/C16H11F3IN3OS/c17-7-1-4-11(21-5-7)23(20)16(25)22-14-8-6-24-15-10(19)3-2-9(18)13(15)12(8)14/h1-5,8,12,14H,6H2,(H,22,25). The molecular weight excluding hydrogens is 466 g/mol. The van der Waals surface area contributed by atoms with E-state index in [1.807, 2.05) is 22.9 Å². The summed E-state index contributed by atoms with van der Waals surface area (Å²) in [7, 11) is 0. The molecule has 25 heavy (non-hydrogen) atoms. The molecule has 1 aliphatic carbocycles. The molecule has 130 valence electrons. The van der Waals surface area contributed by atoms with Gasteiger partial charge in [-0.15, -0.1) is 0 Å². The molecule has 2 heterocycles. The normalized spacial score (nSPS) is 23.1. The SMILES string of the molecule is Fc1ccc(N(I)C(=S)NC2C3COc4c(F)ccc(F)c4C32)nc1. The fourth-order valence-electron chi connectivity index (χ4n) is 3.14. The molecule has 0 bridgehead atoms. The van der Waals surface area contributed by atoms with Crippen LogP contribution in [0.1, 0.15) is 11.5 Å². The number of anilines is 1. The Hall–Kier alpha value is -1.62. The summed E-state index contributed by atoms with van der Waals surface area (Å²) in [4.78, 5) is 3.96. The number of ether oxygens (including phenoxy) is 1. The Morgan fingerprint density at radius 3 is 2.72 bits per heavy atom. The second-order valence-electron chi connectivity index (χ2n) is 5.86. The number of nitrogens with zero attached hydrogens (tertiary/aromatic N) is 2. The molecule has 0 saturated heterocycles. The lowest BCUT2D eigenvalue weighted by Crippen LogP contribution is -2.36. The van der Waals surface area contributed by atoms with E-state index in [1.54, 1.807) is 3.11 Å². The van der Waals surface area contributed by atoms with E-state index in [0.29, 0.717) is 17.5 Å². The minimum Gasteiger partial charge on any atom is -0.490 e. The van der Waals surface area contributed by atoms with Crippen LogP contribution in [0.15, 0.2) is 30.5 Å². The van der Waals surface area contributed by atoms with Crippen LogP contribution >= 0.6 is 35.1 Å². The van der Waals surface area contributed by atoms with Gasteiger partial charge < -0.3 is 10.1 Å². The first-order valence-electron chi connectivity index (χ1n) is 7.46. The zero-order valence-electron chi connectivity index (χ0n) is 12.5. The van der Waals surface area contributed by atoms with Crippen LogP contribution in [-0.4, -0.2) is 22.7 Å². The monoisotopic (exact) mass is 477 g/mol. The molecule has 1 aromatic heterocycles. The molecule has 0 amide bonds. The number of pyridine rings is 1. The van der Waals surface area contributed by atoms with Gasteiger partial charge in [-0.2, -0.15) is 0 Å². The molecule has 1 fully saturated rings. The van der Waals surface area contributed by atoms with Crippen LogP contribution in [0.5, 0.6) is 5.75 Å². The van der Waals surface area contributed by atoms with Gasteiger partial charge in [0.1, 0.15) is 17.5 Å². The van der Waals surface area contributed by atoms with Gasteiger partial charge >= 0.3 is 0 Å². The van der Waals surface area contributed by atoms with Crippen LogP contribution in [0.2, 0.25) is 0 Å². The molecule has 1 aliphatic heterocycles. The van der Waals surface area contributed by atoms with Crippen LogP contribution in [0, 0.1) is 23.4 Å². The smallest absolute Gasteiger partial charge is 0.184 e. The Balaban J connectivity index is 1.51. The Kier molecular flexibility index (Phi) is 4.22. The number of fused-ring (bicyclic) bond motifs is 3. The van der Waals surface area contributed by atoms with Crippen molar-refractivity contribution in [1.29, 1.82) is 0 Å². The quantitative estimate of drug-likeness (QED) is 0.406. The highest BCUT2D eigenvalue weighted by Crippen LogP contribution is 2.55. The van der Waals surface area contributed by atoms with Crippen molar-refractivity contribution < 1.29 is 17.9 Å². The van der Waals surface area contributed by atoms with E-state index in [-0.39, 0.29) is 29.2 Å². The average molecular weight is 477 g/mol. The first-order valence-corrected chi connectivity index (χ1v) is 8.83. The molecule has 4 rings (SSSR count). The topological polar surface area (TPSA) is 37.4 Å². The zero-order chi connectivity index (χ0) is 17.7. The van der Waals surface area contributed by atoms with Crippen LogP contribution in [0.3, 0.4) is 0 Å². The van der Waals surface area contributed by atoms with Crippen LogP contribution in [-0.2, 0) is 0 Å². The summed E-state index contributed by atoms with van der Waals surface area (Å²) in [6.45, 7) is 0.300. The lowest BCUT2D eigenvalue weighted by atomic mass is 10.0. The highest BCUT2D eigenvalue weighted by atomic mass is 127. The van der Waals surface area contributed by atoms with Crippen LogP contribution < -0.4 is 13.2 Å². The van der Waals surface area contributed by atoms with E-state index in [9.17, 15) is 13.2 Å². The third-order valence-electron chi connectivity index (χ3n) is 4.40. The van der Waals surface area contributed by atoms with Gasteiger partial charge in [-0.25, -0.2) is 21.3 Å². The van der Waals surface area contributed by atoms with Crippen molar-refractivity contribution in [2.45, 2.75) is 12.0 Å². The molecule has 9 heteroatoms. The fraction of sp³-hybridized carbons (Fsp3) is 0.250. The number of hydrogen-bond acceptors (Lipinski definition) is 3. The van der Waals surface area contributed by atoms with Gasteiger partial charge in [0.2, 0.25) is 0 Å². The second kappa shape index (κ2) is 6.27. The van der Waals surface area contributed by atoms with Crippen molar-refractivity contribution in [3.05, 3.63) is 53.5 Å². The lowest BCUT2D eigenvalue weighted by molar-refractivity contribution is 0.260. The molecule has 0 spiro atoms. The van der Waals surface area contributed by atoms with Gasteiger partial charge in [0, 0.05) is 23.4 Å². The Labute approximate surface area is 160 Å². The molecule has 2 aliphatic rings. The second-order valence-corrected chi connectivity index (χ2v) is 7.21. The van der Waals surface area contributed by atoms with Crippen molar-refractivity contribution in [3.8, 4) is 5.75 Å². The van der Waals surface area contributed by atoms with E-state index in [1.165, 1.54) is 12.1 Å². The van der Waals surface area contributed by atoms with Crippen molar-refractivity contribution in [1.82, 2.24) is 10.3 Å². The van der Waals surface area contributed by atoms with E-state index < -0.39 is 17.5 Å². The Morgan fingerprint density at radius 2 is 2.00 bits per heavy atom.